The third-order valence-corrected chi connectivity index (χ3v) is 2.76. The van der Waals surface area contributed by atoms with Gasteiger partial charge in [-0.25, -0.2) is 9.69 Å². The van der Waals surface area contributed by atoms with Gasteiger partial charge in [0, 0.05) is 12.2 Å². The Balaban J connectivity index is 2.53. The number of hydrogen-bond donors (Lipinski definition) is 1. The van der Waals surface area contributed by atoms with E-state index in [0.29, 0.717) is 11.1 Å². The summed E-state index contributed by atoms with van der Waals surface area (Å²) in [6.07, 6.45) is 2.30. The summed E-state index contributed by atoms with van der Waals surface area (Å²) in [7, 11) is 0. The van der Waals surface area contributed by atoms with Crippen LogP contribution in [0.1, 0.15) is 22.8 Å². The number of carbonyl (C=O) groups is 3. The first kappa shape index (κ1) is 12.8. The lowest BCUT2D eigenvalue weighted by atomic mass is 10.0. The fourth-order valence-corrected chi connectivity index (χ4v) is 1.88. The van der Waals surface area contributed by atoms with Crippen LogP contribution in [-0.2, 0) is 9.59 Å². The summed E-state index contributed by atoms with van der Waals surface area (Å²) in [6, 6.07) is 4.37. The van der Waals surface area contributed by atoms with Crippen molar-refractivity contribution in [1.29, 1.82) is 0 Å². The zero-order chi connectivity index (χ0) is 14.2. The standard InChI is InChI=1S/C14H11NO4/c1-8(2)10-4-3-9(7-11(10)14(18)19)15-12(16)5-6-13(15)17/h3-7H,1H2,2H3,(H,18,19). The summed E-state index contributed by atoms with van der Waals surface area (Å²) in [5.74, 6) is -2.10. The average molecular weight is 257 g/mol. The van der Waals surface area contributed by atoms with Gasteiger partial charge in [0.15, 0.2) is 0 Å². The molecule has 2 amide bonds. The molecule has 5 nitrogen and oxygen atoms in total. The molecule has 0 unspecified atom stereocenters. The van der Waals surface area contributed by atoms with Crippen molar-refractivity contribution >= 4 is 29.0 Å². The van der Waals surface area contributed by atoms with Crippen LogP contribution in [0.2, 0.25) is 0 Å². The fraction of sp³-hybridized carbons (Fsp3) is 0.0714. The summed E-state index contributed by atoms with van der Waals surface area (Å²) in [5, 5.41) is 9.17. The number of amides is 2. The largest absolute Gasteiger partial charge is 0.478 e. The summed E-state index contributed by atoms with van der Waals surface area (Å²) in [4.78, 5) is 35.2. The highest BCUT2D eigenvalue weighted by Crippen LogP contribution is 2.26. The van der Waals surface area contributed by atoms with Crippen LogP contribution in [0.5, 0.6) is 0 Å². The van der Waals surface area contributed by atoms with E-state index in [-0.39, 0.29) is 11.3 Å². The van der Waals surface area contributed by atoms with Crippen LogP contribution in [0.15, 0.2) is 36.9 Å². The molecule has 0 saturated carbocycles. The summed E-state index contributed by atoms with van der Waals surface area (Å²) >= 11 is 0. The fourth-order valence-electron chi connectivity index (χ4n) is 1.88. The summed E-state index contributed by atoms with van der Waals surface area (Å²) < 4.78 is 0. The number of hydrogen-bond acceptors (Lipinski definition) is 3. The third kappa shape index (κ3) is 2.18. The Hall–Kier alpha value is -2.69. The van der Waals surface area contributed by atoms with Crippen LogP contribution in [0.25, 0.3) is 5.57 Å². The highest BCUT2D eigenvalue weighted by atomic mass is 16.4. The minimum absolute atomic E-state index is 0.0116. The van der Waals surface area contributed by atoms with Crippen LogP contribution < -0.4 is 4.90 Å². The van der Waals surface area contributed by atoms with Gasteiger partial charge in [0.25, 0.3) is 11.8 Å². The molecule has 1 aromatic carbocycles. The second kappa shape index (κ2) is 4.53. The Bertz CT molecular complexity index is 625. The van der Waals surface area contributed by atoms with E-state index in [1.807, 2.05) is 0 Å². The van der Waals surface area contributed by atoms with E-state index in [1.54, 1.807) is 13.0 Å². The number of carboxylic acid groups (broad SMARTS) is 1. The first-order chi connectivity index (χ1) is 8.91. The van der Waals surface area contributed by atoms with Gasteiger partial charge in [-0.2, -0.15) is 0 Å². The molecule has 0 fully saturated rings. The number of nitrogens with zero attached hydrogens (tertiary/aromatic N) is 1. The van der Waals surface area contributed by atoms with Crippen molar-refractivity contribution in [3.05, 3.63) is 48.1 Å². The SMILES string of the molecule is C=C(C)c1ccc(N2C(=O)C=CC2=O)cc1C(=O)O. The first-order valence-electron chi connectivity index (χ1n) is 5.51. The van der Waals surface area contributed by atoms with E-state index in [1.165, 1.54) is 12.1 Å². The Labute approximate surface area is 109 Å². The molecular weight excluding hydrogens is 246 g/mol. The molecule has 0 bridgehead atoms. The van der Waals surface area contributed by atoms with E-state index in [9.17, 15) is 14.4 Å². The van der Waals surface area contributed by atoms with Crippen LogP contribution in [0, 0.1) is 0 Å². The molecule has 0 aromatic heterocycles. The quantitative estimate of drug-likeness (QED) is 0.838. The maximum Gasteiger partial charge on any atom is 0.336 e. The number of imide groups is 1. The van der Waals surface area contributed by atoms with Gasteiger partial charge < -0.3 is 5.11 Å². The number of rotatable bonds is 3. The van der Waals surface area contributed by atoms with E-state index in [4.69, 9.17) is 5.11 Å². The zero-order valence-electron chi connectivity index (χ0n) is 10.2. The molecule has 1 aliphatic rings. The molecule has 0 saturated heterocycles. The van der Waals surface area contributed by atoms with Crippen molar-refractivity contribution in [2.45, 2.75) is 6.92 Å². The Kier molecular flexibility index (Phi) is 3.04. The lowest BCUT2D eigenvalue weighted by Gasteiger charge is -2.16. The molecule has 1 aromatic rings. The molecule has 1 heterocycles. The van der Waals surface area contributed by atoms with E-state index in [0.717, 1.165) is 17.1 Å². The maximum atomic E-state index is 11.5. The van der Waals surface area contributed by atoms with Crippen molar-refractivity contribution in [2.24, 2.45) is 0 Å². The molecule has 19 heavy (non-hydrogen) atoms. The lowest BCUT2D eigenvalue weighted by molar-refractivity contribution is -0.119. The second-order valence-electron chi connectivity index (χ2n) is 4.16. The number of benzene rings is 1. The van der Waals surface area contributed by atoms with Crippen molar-refractivity contribution < 1.29 is 19.5 Å². The van der Waals surface area contributed by atoms with E-state index in [2.05, 4.69) is 6.58 Å². The predicted molar refractivity (Wildman–Crippen MR) is 69.7 cm³/mol. The smallest absolute Gasteiger partial charge is 0.336 e. The van der Waals surface area contributed by atoms with Crippen molar-refractivity contribution in [1.82, 2.24) is 0 Å². The molecule has 0 atom stereocenters. The number of aromatic carboxylic acids is 1. The molecule has 1 N–H and O–H groups in total. The highest BCUT2D eigenvalue weighted by Gasteiger charge is 2.26. The monoisotopic (exact) mass is 257 g/mol. The van der Waals surface area contributed by atoms with Crippen molar-refractivity contribution in [2.75, 3.05) is 4.90 Å². The van der Waals surface area contributed by atoms with Gasteiger partial charge >= 0.3 is 5.97 Å². The topological polar surface area (TPSA) is 74.7 Å². The number of anilines is 1. The van der Waals surface area contributed by atoms with Gasteiger partial charge in [0.2, 0.25) is 0 Å². The predicted octanol–water partition coefficient (Wildman–Crippen LogP) is 1.85. The van der Waals surface area contributed by atoms with E-state index >= 15 is 0 Å². The maximum absolute atomic E-state index is 11.5. The third-order valence-electron chi connectivity index (χ3n) is 2.76. The second-order valence-corrected chi connectivity index (χ2v) is 4.16. The van der Waals surface area contributed by atoms with Gasteiger partial charge in [0.1, 0.15) is 0 Å². The lowest BCUT2D eigenvalue weighted by Crippen LogP contribution is -2.29. The molecule has 0 radical (unpaired) electrons. The van der Waals surface area contributed by atoms with Crippen LogP contribution in [0.3, 0.4) is 0 Å². The van der Waals surface area contributed by atoms with Crippen molar-refractivity contribution in [3.8, 4) is 0 Å². The van der Waals surface area contributed by atoms with Crippen molar-refractivity contribution in [3.63, 3.8) is 0 Å². The molecule has 2 rings (SSSR count). The Morgan fingerprint density at radius 3 is 2.21 bits per heavy atom. The number of carbonyl (C=O) groups excluding carboxylic acids is 2. The highest BCUT2D eigenvalue weighted by molar-refractivity contribution is 6.28. The molecule has 0 spiro atoms. The van der Waals surface area contributed by atoms with Gasteiger partial charge in [-0.1, -0.05) is 18.2 Å². The van der Waals surface area contributed by atoms with Gasteiger partial charge in [-0.15, -0.1) is 0 Å². The van der Waals surface area contributed by atoms with Crippen LogP contribution in [0.4, 0.5) is 5.69 Å². The minimum atomic E-state index is -1.13. The number of allylic oxidation sites excluding steroid dienone is 1. The van der Waals surface area contributed by atoms with Gasteiger partial charge in [-0.05, 0) is 24.6 Å². The number of carboxylic acids is 1. The zero-order valence-corrected chi connectivity index (χ0v) is 10.2. The minimum Gasteiger partial charge on any atom is -0.478 e. The Morgan fingerprint density at radius 2 is 1.74 bits per heavy atom. The van der Waals surface area contributed by atoms with E-state index < -0.39 is 17.8 Å². The average Bonchev–Trinajstić information content (AvgIpc) is 2.68. The van der Waals surface area contributed by atoms with Crippen LogP contribution >= 0.6 is 0 Å². The molecule has 5 heteroatoms. The Morgan fingerprint density at radius 1 is 1.16 bits per heavy atom. The van der Waals surface area contributed by atoms with Crippen LogP contribution in [-0.4, -0.2) is 22.9 Å². The molecular formula is C14H11NO4. The summed E-state index contributed by atoms with van der Waals surface area (Å²) in [5.41, 5.74) is 1.32. The molecule has 96 valence electrons. The molecule has 0 aliphatic carbocycles. The first-order valence-corrected chi connectivity index (χ1v) is 5.51. The van der Waals surface area contributed by atoms with Gasteiger partial charge in [0.05, 0.1) is 11.3 Å². The van der Waals surface area contributed by atoms with Gasteiger partial charge in [-0.3, -0.25) is 9.59 Å². The summed E-state index contributed by atoms with van der Waals surface area (Å²) in [6.45, 7) is 5.39. The normalized spacial score (nSPS) is 14.1. The molecule has 1 aliphatic heterocycles.